The number of hydrogen-bond donors (Lipinski definition) is 0. The van der Waals surface area contributed by atoms with E-state index >= 15 is 0 Å². The van der Waals surface area contributed by atoms with Gasteiger partial charge in [0, 0.05) is 11.5 Å². The molecular weight excluding hydrogens is 286 g/mol. The molecule has 0 aliphatic heterocycles. The fourth-order valence-corrected chi connectivity index (χ4v) is 2.92. The number of hydrogen-bond acceptors (Lipinski definition) is 3. The van der Waals surface area contributed by atoms with Crippen molar-refractivity contribution in [3.8, 4) is 0 Å². The molecule has 0 unspecified atom stereocenters. The number of rotatable bonds is 5. The SMILES string of the molecule is O=C(c1ccccc1Cc1ccccc1)c1cnoc1C1CC1. The van der Waals surface area contributed by atoms with Gasteiger partial charge in [-0.1, -0.05) is 59.8 Å². The fraction of sp³-hybridized carbons (Fsp3) is 0.200. The summed E-state index contributed by atoms with van der Waals surface area (Å²) in [6.07, 6.45) is 4.48. The van der Waals surface area contributed by atoms with Crippen molar-refractivity contribution in [1.29, 1.82) is 0 Å². The quantitative estimate of drug-likeness (QED) is 0.657. The lowest BCUT2D eigenvalue weighted by molar-refractivity contribution is 0.103. The van der Waals surface area contributed by atoms with E-state index < -0.39 is 0 Å². The minimum atomic E-state index is 0.0136. The van der Waals surface area contributed by atoms with Crippen LogP contribution in [0.3, 0.4) is 0 Å². The molecule has 3 aromatic rings. The van der Waals surface area contributed by atoms with E-state index in [0.717, 1.165) is 36.1 Å². The van der Waals surface area contributed by atoms with Gasteiger partial charge in [-0.15, -0.1) is 0 Å². The Morgan fingerprint density at radius 3 is 2.52 bits per heavy atom. The zero-order valence-electron chi connectivity index (χ0n) is 12.7. The number of benzene rings is 2. The van der Waals surface area contributed by atoms with Crippen molar-refractivity contribution >= 4 is 5.78 Å². The van der Waals surface area contributed by atoms with Crippen LogP contribution in [0.25, 0.3) is 0 Å². The van der Waals surface area contributed by atoms with Gasteiger partial charge in [0.1, 0.15) is 0 Å². The van der Waals surface area contributed by atoms with Crippen molar-refractivity contribution in [2.45, 2.75) is 25.2 Å². The van der Waals surface area contributed by atoms with Crippen LogP contribution in [-0.4, -0.2) is 10.9 Å². The lowest BCUT2D eigenvalue weighted by atomic mass is 9.94. The van der Waals surface area contributed by atoms with Gasteiger partial charge in [0.25, 0.3) is 0 Å². The summed E-state index contributed by atoms with van der Waals surface area (Å²) in [6, 6.07) is 18.0. The minimum absolute atomic E-state index is 0.0136. The van der Waals surface area contributed by atoms with Crippen molar-refractivity contribution in [3.63, 3.8) is 0 Å². The van der Waals surface area contributed by atoms with E-state index in [-0.39, 0.29) is 5.78 Å². The second-order valence-corrected chi connectivity index (χ2v) is 6.03. The molecule has 114 valence electrons. The largest absolute Gasteiger partial charge is 0.360 e. The van der Waals surface area contributed by atoms with Gasteiger partial charge < -0.3 is 4.52 Å². The maximum atomic E-state index is 13.0. The van der Waals surface area contributed by atoms with Crippen LogP contribution >= 0.6 is 0 Å². The van der Waals surface area contributed by atoms with E-state index in [4.69, 9.17) is 4.52 Å². The first-order valence-electron chi connectivity index (χ1n) is 7.94. The first kappa shape index (κ1) is 13.9. The summed E-state index contributed by atoms with van der Waals surface area (Å²) in [4.78, 5) is 13.0. The van der Waals surface area contributed by atoms with E-state index in [2.05, 4.69) is 17.3 Å². The van der Waals surface area contributed by atoms with Crippen molar-refractivity contribution < 1.29 is 9.32 Å². The highest BCUT2D eigenvalue weighted by atomic mass is 16.5. The molecule has 4 rings (SSSR count). The Balaban J connectivity index is 1.68. The molecule has 0 radical (unpaired) electrons. The standard InChI is InChI=1S/C20H17NO2/c22-19(18-13-21-23-20(18)15-10-11-15)17-9-5-4-8-16(17)12-14-6-2-1-3-7-14/h1-9,13,15H,10-12H2. The molecule has 3 heteroatoms. The fourth-order valence-electron chi connectivity index (χ4n) is 2.92. The third-order valence-electron chi connectivity index (χ3n) is 4.29. The van der Waals surface area contributed by atoms with Crippen molar-refractivity contribution in [2.75, 3.05) is 0 Å². The molecular formula is C20H17NO2. The van der Waals surface area contributed by atoms with Crippen molar-refractivity contribution in [3.05, 3.63) is 88.8 Å². The molecule has 1 aliphatic rings. The average Bonchev–Trinajstić information content (AvgIpc) is 3.32. The Labute approximate surface area is 134 Å². The van der Waals surface area contributed by atoms with E-state index in [1.807, 2.05) is 42.5 Å². The van der Waals surface area contributed by atoms with Crippen LogP contribution in [0.1, 0.15) is 51.6 Å². The lowest BCUT2D eigenvalue weighted by Crippen LogP contribution is -2.07. The van der Waals surface area contributed by atoms with E-state index in [0.29, 0.717) is 11.5 Å². The summed E-state index contributed by atoms with van der Waals surface area (Å²) in [7, 11) is 0. The average molecular weight is 303 g/mol. The Bertz CT molecular complexity index is 832. The molecule has 1 fully saturated rings. The number of carbonyl (C=O) groups excluding carboxylic acids is 1. The second kappa shape index (κ2) is 5.84. The van der Waals surface area contributed by atoms with E-state index in [9.17, 15) is 4.79 Å². The molecule has 1 aromatic heterocycles. The Morgan fingerprint density at radius 1 is 1.00 bits per heavy atom. The third kappa shape index (κ3) is 2.82. The number of carbonyl (C=O) groups is 1. The Morgan fingerprint density at radius 2 is 1.74 bits per heavy atom. The van der Waals surface area contributed by atoms with Crippen LogP contribution in [0, 0.1) is 0 Å². The molecule has 0 spiro atoms. The smallest absolute Gasteiger partial charge is 0.198 e. The van der Waals surface area contributed by atoms with Crippen LogP contribution in [0.2, 0.25) is 0 Å². The monoisotopic (exact) mass is 303 g/mol. The first-order chi connectivity index (χ1) is 11.3. The van der Waals surface area contributed by atoms with Crippen molar-refractivity contribution in [1.82, 2.24) is 5.16 Å². The topological polar surface area (TPSA) is 43.1 Å². The highest BCUT2D eigenvalue weighted by molar-refractivity contribution is 6.10. The van der Waals surface area contributed by atoms with Crippen molar-refractivity contribution in [2.24, 2.45) is 0 Å². The molecule has 1 heterocycles. The van der Waals surface area contributed by atoms with Crippen LogP contribution in [-0.2, 0) is 6.42 Å². The molecule has 0 amide bonds. The molecule has 1 aliphatic carbocycles. The van der Waals surface area contributed by atoms with E-state index in [1.54, 1.807) is 6.20 Å². The third-order valence-corrected chi connectivity index (χ3v) is 4.29. The number of aromatic nitrogens is 1. The summed E-state index contributed by atoms with van der Waals surface area (Å²) in [5.74, 6) is 1.14. The Hall–Kier alpha value is -2.68. The van der Waals surface area contributed by atoms with Gasteiger partial charge in [0.2, 0.25) is 0 Å². The van der Waals surface area contributed by atoms with Gasteiger partial charge in [0.05, 0.1) is 11.8 Å². The predicted octanol–water partition coefficient (Wildman–Crippen LogP) is 4.37. The summed E-state index contributed by atoms with van der Waals surface area (Å²) in [5.41, 5.74) is 3.58. The van der Waals surface area contributed by atoms with Gasteiger partial charge in [-0.2, -0.15) is 0 Å². The van der Waals surface area contributed by atoms with Gasteiger partial charge in [0.15, 0.2) is 11.5 Å². The summed E-state index contributed by atoms with van der Waals surface area (Å²) >= 11 is 0. The van der Waals surface area contributed by atoms with E-state index in [1.165, 1.54) is 5.56 Å². The first-order valence-corrected chi connectivity index (χ1v) is 7.94. The van der Waals surface area contributed by atoms with Crippen LogP contribution in [0.15, 0.2) is 65.3 Å². The van der Waals surface area contributed by atoms with Crippen LogP contribution < -0.4 is 0 Å². The van der Waals surface area contributed by atoms with Gasteiger partial charge >= 0.3 is 0 Å². The number of ketones is 1. The van der Waals surface area contributed by atoms with Gasteiger partial charge in [-0.3, -0.25) is 4.79 Å². The molecule has 23 heavy (non-hydrogen) atoms. The molecule has 0 bridgehead atoms. The van der Waals surface area contributed by atoms with Gasteiger partial charge in [-0.25, -0.2) is 0 Å². The highest BCUT2D eigenvalue weighted by Gasteiger charge is 2.33. The zero-order chi connectivity index (χ0) is 15.6. The minimum Gasteiger partial charge on any atom is -0.360 e. The maximum absolute atomic E-state index is 13.0. The summed E-state index contributed by atoms with van der Waals surface area (Å²) < 4.78 is 5.32. The Kier molecular flexibility index (Phi) is 3.54. The van der Waals surface area contributed by atoms with Crippen LogP contribution in [0.5, 0.6) is 0 Å². The van der Waals surface area contributed by atoms with Gasteiger partial charge in [-0.05, 0) is 30.4 Å². The molecule has 3 nitrogen and oxygen atoms in total. The molecule has 1 saturated carbocycles. The summed E-state index contributed by atoms with van der Waals surface area (Å²) in [6.45, 7) is 0. The zero-order valence-corrected chi connectivity index (χ0v) is 12.7. The highest BCUT2D eigenvalue weighted by Crippen LogP contribution is 2.42. The lowest BCUT2D eigenvalue weighted by Gasteiger charge is -2.08. The maximum Gasteiger partial charge on any atom is 0.198 e. The summed E-state index contributed by atoms with van der Waals surface area (Å²) in [5, 5.41) is 3.85. The molecule has 0 saturated heterocycles. The second-order valence-electron chi connectivity index (χ2n) is 6.03. The molecule has 0 N–H and O–H groups in total. The predicted molar refractivity (Wildman–Crippen MR) is 87.6 cm³/mol. The molecule has 2 aromatic carbocycles. The normalized spacial score (nSPS) is 13.9. The number of nitrogens with zero attached hydrogens (tertiary/aromatic N) is 1. The van der Waals surface area contributed by atoms with Crippen LogP contribution in [0.4, 0.5) is 0 Å². The molecule has 0 atom stereocenters.